The summed E-state index contributed by atoms with van der Waals surface area (Å²) in [5.41, 5.74) is 4.65. The molecule has 0 bridgehead atoms. The van der Waals surface area contributed by atoms with E-state index in [1.807, 2.05) is 44.2 Å². The van der Waals surface area contributed by atoms with E-state index in [0.717, 1.165) is 16.6 Å². The molecule has 0 unspecified atom stereocenters. The van der Waals surface area contributed by atoms with Gasteiger partial charge in [-0.05, 0) is 49.2 Å². The molecule has 0 aliphatic carbocycles. The van der Waals surface area contributed by atoms with E-state index in [0.29, 0.717) is 22.7 Å². The predicted molar refractivity (Wildman–Crippen MR) is 97.8 cm³/mol. The van der Waals surface area contributed by atoms with E-state index in [2.05, 4.69) is 10.3 Å². The van der Waals surface area contributed by atoms with E-state index >= 15 is 0 Å². The maximum Gasteiger partial charge on any atom is 0.276 e. The van der Waals surface area contributed by atoms with Gasteiger partial charge in [0.15, 0.2) is 5.58 Å². The minimum Gasteiger partial charge on any atom is -0.436 e. The SMILES string of the molecule is Cc1ccc2oc(-c3ccc(C)c(NC(=O)C(Cl)(Cl)Cl)c3)nc2c1. The van der Waals surface area contributed by atoms with Crippen LogP contribution in [-0.4, -0.2) is 14.7 Å². The molecule has 1 N–H and O–H groups in total. The van der Waals surface area contributed by atoms with E-state index < -0.39 is 9.70 Å². The van der Waals surface area contributed by atoms with Crippen molar-refractivity contribution in [2.24, 2.45) is 0 Å². The fourth-order valence-corrected chi connectivity index (χ4v) is 2.39. The van der Waals surface area contributed by atoms with Crippen LogP contribution in [0, 0.1) is 13.8 Å². The Labute approximate surface area is 153 Å². The van der Waals surface area contributed by atoms with Gasteiger partial charge in [-0.1, -0.05) is 46.9 Å². The third-order valence-electron chi connectivity index (χ3n) is 3.53. The Bertz CT molecular complexity index is 929. The van der Waals surface area contributed by atoms with Gasteiger partial charge in [0, 0.05) is 11.3 Å². The summed E-state index contributed by atoms with van der Waals surface area (Å²) in [6, 6.07) is 11.2. The zero-order valence-corrected chi connectivity index (χ0v) is 15.1. The second kappa shape index (κ2) is 6.28. The maximum absolute atomic E-state index is 11.9. The Hall–Kier alpha value is -1.75. The maximum atomic E-state index is 11.9. The number of hydrogen-bond acceptors (Lipinski definition) is 3. The average Bonchev–Trinajstić information content (AvgIpc) is 2.91. The van der Waals surface area contributed by atoms with Crippen molar-refractivity contribution in [1.82, 2.24) is 4.98 Å². The molecule has 3 aromatic rings. The Morgan fingerprint density at radius 2 is 1.88 bits per heavy atom. The number of halogens is 3. The minimum absolute atomic E-state index is 0.458. The summed E-state index contributed by atoms with van der Waals surface area (Å²) in [6.45, 7) is 3.83. The summed E-state index contributed by atoms with van der Waals surface area (Å²) >= 11 is 16.8. The third-order valence-corrected chi connectivity index (χ3v) is 4.05. The topological polar surface area (TPSA) is 55.1 Å². The monoisotopic (exact) mass is 382 g/mol. The molecule has 1 heterocycles. The minimum atomic E-state index is -2.03. The number of alkyl halides is 3. The van der Waals surface area contributed by atoms with Gasteiger partial charge >= 0.3 is 0 Å². The van der Waals surface area contributed by atoms with Crippen molar-refractivity contribution in [1.29, 1.82) is 0 Å². The number of rotatable bonds is 2. The number of oxazole rings is 1. The second-order valence-corrected chi connectivity index (χ2v) is 7.75. The highest BCUT2D eigenvalue weighted by Gasteiger charge is 2.31. The van der Waals surface area contributed by atoms with Crippen molar-refractivity contribution in [3.63, 3.8) is 0 Å². The first-order valence-electron chi connectivity index (χ1n) is 7.10. The summed E-state index contributed by atoms with van der Waals surface area (Å²) in [5.74, 6) is -0.263. The number of nitrogens with zero attached hydrogens (tertiary/aromatic N) is 1. The van der Waals surface area contributed by atoms with Gasteiger partial charge in [-0.3, -0.25) is 4.79 Å². The number of aryl methyl sites for hydroxylation is 2. The van der Waals surface area contributed by atoms with Crippen molar-refractivity contribution >= 4 is 57.5 Å². The molecule has 4 nitrogen and oxygen atoms in total. The van der Waals surface area contributed by atoms with Gasteiger partial charge < -0.3 is 9.73 Å². The highest BCUT2D eigenvalue weighted by Crippen LogP contribution is 2.31. The van der Waals surface area contributed by atoms with Crippen molar-refractivity contribution in [3.05, 3.63) is 47.5 Å². The Morgan fingerprint density at radius 1 is 1.12 bits per heavy atom. The van der Waals surface area contributed by atoms with Crippen LogP contribution < -0.4 is 5.32 Å². The zero-order valence-electron chi connectivity index (χ0n) is 12.9. The molecule has 1 aromatic heterocycles. The number of carbonyl (C=O) groups excluding carboxylic acids is 1. The Morgan fingerprint density at radius 3 is 2.58 bits per heavy atom. The van der Waals surface area contributed by atoms with Crippen LogP contribution >= 0.6 is 34.8 Å². The summed E-state index contributed by atoms with van der Waals surface area (Å²) in [6.07, 6.45) is 0. The standard InChI is InChI=1S/C17H13Cl3N2O2/c1-9-3-6-14-13(7-9)21-15(24-14)11-5-4-10(2)12(8-11)22-16(23)17(18,19)20/h3-8H,1-2H3,(H,22,23). The van der Waals surface area contributed by atoms with E-state index in [-0.39, 0.29) is 0 Å². The van der Waals surface area contributed by atoms with E-state index in [1.165, 1.54) is 0 Å². The van der Waals surface area contributed by atoms with Gasteiger partial charge in [-0.15, -0.1) is 0 Å². The molecule has 2 aromatic carbocycles. The van der Waals surface area contributed by atoms with E-state index in [1.54, 1.807) is 6.07 Å². The van der Waals surface area contributed by atoms with E-state index in [9.17, 15) is 4.79 Å². The van der Waals surface area contributed by atoms with Gasteiger partial charge in [-0.25, -0.2) is 4.98 Å². The number of anilines is 1. The molecule has 0 spiro atoms. The molecule has 0 radical (unpaired) electrons. The van der Waals surface area contributed by atoms with Crippen LogP contribution in [0.25, 0.3) is 22.6 Å². The first-order chi connectivity index (χ1) is 11.2. The molecule has 124 valence electrons. The third kappa shape index (κ3) is 3.51. The molecular formula is C17H13Cl3N2O2. The number of amides is 1. The molecule has 0 aliphatic rings. The summed E-state index contributed by atoms with van der Waals surface area (Å²) < 4.78 is 3.74. The average molecular weight is 384 g/mol. The summed E-state index contributed by atoms with van der Waals surface area (Å²) in [7, 11) is 0. The van der Waals surface area contributed by atoms with Gasteiger partial charge in [0.2, 0.25) is 5.89 Å². The fraction of sp³-hybridized carbons (Fsp3) is 0.176. The van der Waals surface area contributed by atoms with Gasteiger partial charge in [0.25, 0.3) is 9.70 Å². The Balaban J connectivity index is 1.99. The van der Waals surface area contributed by atoms with E-state index in [4.69, 9.17) is 39.2 Å². The lowest BCUT2D eigenvalue weighted by atomic mass is 10.1. The van der Waals surface area contributed by atoms with Crippen LogP contribution in [0.5, 0.6) is 0 Å². The molecular weight excluding hydrogens is 371 g/mol. The first-order valence-corrected chi connectivity index (χ1v) is 8.24. The number of hydrogen-bond donors (Lipinski definition) is 1. The molecule has 0 atom stereocenters. The molecule has 3 rings (SSSR count). The van der Waals surface area contributed by atoms with Crippen LogP contribution in [0.2, 0.25) is 0 Å². The quantitative estimate of drug-likeness (QED) is 0.601. The summed E-state index contributed by atoms with van der Waals surface area (Å²) in [4.78, 5) is 16.4. The molecule has 24 heavy (non-hydrogen) atoms. The fourth-order valence-electron chi connectivity index (χ4n) is 2.24. The molecule has 0 saturated heterocycles. The lowest BCUT2D eigenvalue weighted by molar-refractivity contribution is -0.115. The largest absolute Gasteiger partial charge is 0.436 e. The smallest absolute Gasteiger partial charge is 0.276 e. The Kier molecular flexibility index (Phi) is 4.47. The highest BCUT2D eigenvalue weighted by atomic mass is 35.6. The number of aromatic nitrogens is 1. The molecule has 7 heteroatoms. The normalized spacial score (nSPS) is 11.7. The second-order valence-electron chi connectivity index (χ2n) is 5.47. The lowest BCUT2D eigenvalue weighted by Gasteiger charge is -2.13. The lowest BCUT2D eigenvalue weighted by Crippen LogP contribution is -2.27. The highest BCUT2D eigenvalue weighted by molar-refractivity contribution is 6.76. The number of fused-ring (bicyclic) bond motifs is 1. The number of benzene rings is 2. The van der Waals surface area contributed by atoms with Crippen LogP contribution in [0.4, 0.5) is 5.69 Å². The van der Waals surface area contributed by atoms with Gasteiger partial charge in [0.1, 0.15) is 5.52 Å². The van der Waals surface area contributed by atoms with Crippen molar-refractivity contribution < 1.29 is 9.21 Å². The van der Waals surface area contributed by atoms with Crippen LogP contribution in [0.1, 0.15) is 11.1 Å². The summed E-state index contributed by atoms with van der Waals surface area (Å²) in [5, 5.41) is 2.60. The van der Waals surface area contributed by atoms with Crippen molar-refractivity contribution in [2.75, 3.05) is 5.32 Å². The number of nitrogens with one attached hydrogen (secondary N) is 1. The van der Waals surface area contributed by atoms with Gasteiger partial charge in [-0.2, -0.15) is 0 Å². The molecule has 1 amide bonds. The molecule has 0 saturated carbocycles. The van der Waals surface area contributed by atoms with Crippen molar-refractivity contribution in [3.8, 4) is 11.5 Å². The van der Waals surface area contributed by atoms with Crippen LogP contribution in [0.3, 0.4) is 0 Å². The molecule has 0 aliphatic heterocycles. The van der Waals surface area contributed by atoms with Crippen molar-refractivity contribution in [2.45, 2.75) is 17.6 Å². The van der Waals surface area contributed by atoms with Crippen LogP contribution in [0.15, 0.2) is 40.8 Å². The zero-order chi connectivity index (χ0) is 17.5. The molecule has 0 fully saturated rings. The number of carbonyl (C=O) groups is 1. The predicted octanol–water partition coefficient (Wildman–Crippen LogP) is 5.42. The first kappa shape index (κ1) is 17.1. The van der Waals surface area contributed by atoms with Gasteiger partial charge in [0.05, 0.1) is 0 Å². The van der Waals surface area contributed by atoms with Crippen LogP contribution in [-0.2, 0) is 4.79 Å².